The second-order valence-electron chi connectivity index (χ2n) is 5.42. The quantitative estimate of drug-likeness (QED) is 0.791. The molecule has 1 saturated carbocycles. The number of hydrogen-bond donors (Lipinski definition) is 0. The molecule has 0 unspecified atom stereocenters. The van der Waals surface area contributed by atoms with Gasteiger partial charge in [0.1, 0.15) is 11.0 Å². The number of rotatable bonds is 2. The third-order valence-corrected chi connectivity index (χ3v) is 3.89. The number of ether oxygens (including phenoxy) is 2. The molecule has 4 nitrogen and oxygen atoms in total. The molecule has 0 bridgehead atoms. The zero-order valence-electron chi connectivity index (χ0n) is 11.5. The molecule has 0 atom stereocenters. The minimum atomic E-state index is 0.475. The lowest BCUT2D eigenvalue weighted by Crippen LogP contribution is -1.97. The normalized spacial score (nSPS) is 17.4. The molecule has 108 valence electrons. The Labute approximate surface area is 128 Å². The SMILES string of the molecule is Clc1cc(-c2ccc3c(c2)OCCCO3)nc(C2CC2)n1. The molecule has 1 fully saturated rings. The number of nitrogens with zero attached hydrogens (tertiary/aromatic N) is 2. The molecule has 2 aromatic rings. The molecular formula is C16H15ClN2O2. The van der Waals surface area contributed by atoms with Crippen LogP contribution >= 0.6 is 11.6 Å². The van der Waals surface area contributed by atoms with Crippen molar-refractivity contribution in [2.24, 2.45) is 0 Å². The summed E-state index contributed by atoms with van der Waals surface area (Å²) in [4.78, 5) is 8.97. The smallest absolute Gasteiger partial charge is 0.161 e. The van der Waals surface area contributed by atoms with Crippen molar-refractivity contribution in [3.8, 4) is 22.8 Å². The van der Waals surface area contributed by atoms with Crippen LogP contribution in [0.1, 0.15) is 31.0 Å². The number of fused-ring (bicyclic) bond motifs is 1. The Morgan fingerprint density at radius 3 is 2.62 bits per heavy atom. The van der Waals surface area contributed by atoms with Gasteiger partial charge in [0, 0.05) is 24.0 Å². The van der Waals surface area contributed by atoms with Crippen LogP contribution in [0.15, 0.2) is 24.3 Å². The molecule has 1 aliphatic carbocycles. The molecule has 0 radical (unpaired) electrons. The van der Waals surface area contributed by atoms with Gasteiger partial charge in [0.2, 0.25) is 0 Å². The summed E-state index contributed by atoms with van der Waals surface area (Å²) in [6, 6.07) is 7.69. The van der Waals surface area contributed by atoms with Gasteiger partial charge in [-0.25, -0.2) is 9.97 Å². The first-order valence-corrected chi connectivity index (χ1v) is 7.62. The molecule has 0 saturated heterocycles. The molecule has 1 aliphatic heterocycles. The first-order chi connectivity index (χ1) is 10.3. The van der Waals surface area contributed by atoms with Gasteiger partial charge >= 0.3 is 0 Å². The summed E-state index contributed by atoms with van der Waals surface area (Å²) in [5, 5.41) is 0.494. The minimum absolute atomic E-state index is 0.475. The summed E-state index contributed by atoms with van der Waals surface area (Å²) in [6.45, 7) is 1.37. The van der Waals surface area contributed by atoms with E-state index in [0.29, 0.717) is 24.3 Å². The van der Waals surface area contributed by atoms with E-state index in [1.54, 1.807) is 6.07 Å². The van der Waals surface area contributed by atoms with Crippen LogP contribution in [-0.4, -0.2) is 23.2 Å². The Morgan fingerprint density at radius 2 is 1.81 bits per heavy atom. The molecular weight excluding hydrogens is 288 g/mol. The molecule has 0 N–H and O–H groups in total. The van der Waals surface area contributed by atoms with Crippen molar-refractivity contribution in [1.29, 1.82) is 0 Å². The van der Waals surface area contributed by atoms with Gasteiger partial charge in [-0.3, -0.25) is 0 Å². The van der Waals surface area contributed by atoms with Crippen molar-refractivity contribution in [3.05, 3.63) is 35.2 Å². The third kappa shape index (κ3) is 2.68. The average Bonchev–Trinajstić information content (AvgIpc) is 3.32. The largest absolute Gasteiger partial charge is 0.490 e. The van der Waals surface area contributed by atoms with E-state index in [2.05, 4.69) is 9.97 Å². The van der Waals surface area contributed by atoms with Crippen molar-refractivity contribution < 1.29 is 9.47 Å². The highest BCUT2D eigenvalue weighted by molar-refractivity contribution is 6.29. The lowest BCUT2D eigenvalue weighted by Gasteiger charge is -2.10. The topological polar surface area (TPSA) is 44.2 Å². The van der Waals surface area contributed by atoms with Gasteiger partial charge in [0.25, 0.3) is 0 Å². The highest BCUT2D eigenvalue weighted by Crippen LogP contribution is 2.40. The van der Waals surface area contributed by atoms with Gasteiger partial charge in [0.15, 0.2) is 11.5 Å². The number of hydrogen-bond acceptors (Lipinski definition) is 4. The lowest BCUT2D eigenvalue weighted by atomic mass is 10.1. The van der Waals surface area contributed by atoms with Gasteiger partial charge in [-0.15, -0.1) is 0 Å². The van der Waals surface area contributed by atoms with Gasteiger partial charge in [-0.2, -0.15) is 0 Å². The standard InChI is InChI=1S/C16H15ClN2O2/c17-15-9-12(18-16(19-15)10-2-3-10)11-4-5-13-14(8-11)21-7-1-6-20-13/h4-5,8-10H,1-3,6-7H2. The molecule has 0 spiro atoms. The van der Waals surface area contributed by atoms with Crippen molar-refractivity contribution in [2.75, 3.05) is 13.2 Å². The third-order valence-electron chi connectivity index (χ3n) is 3.70. The predicted molar refractivity (Wildman–Crippen MR) is 80.1 cm³/mol. The maximum Gasteiger partial charge on any atom is 0.161 e. The van der Waals surface area contributed by atoms with E-state index in [9.17, 15) is 0 Å². The summed E-state index contributed by atoms with van der Waals surface area (Å²) < 4.78 is 11.4. The highest BCUT2D eigenvalue weighted by atomic mass is 35.5. The zero-order chi connectivity index (χ0) is 14.2. The van der Waals surface area contributed by atoms with Crippen molar-refractivity contribution in [3.63, 3.8) is 0 Å². The fourth-order valence-corrected chi connectivity index (χ4v) is 2.62. The summed E-state index contributed by atoms with van der Waals surface area (Å²) >= 11 is 6.13. The molecule has 4 rings (SSSR count). The molecule has 1 aromatic heterocycles. The molecule has 2 heterocycles. The molecule has 0 amide bonds. The second kappa shape index (κ2) is 5.19. The van der Waals surface area contributed by atoms with Crippen LogP contribution in [0.25, 0.3) is 11.3 Å². The van der Waals surface area contributed by atoms with Crippen LogP contribution in [0.2, 0.25) is 5.15 Å². The summed E-state index contributed by atoms with van der Waals surface area (Å²) in [7, 11) is 0. The van der Waals surface area contributed by atoms with Crippen molar-refractivity contribution in [2.45, 2.75) is 25.2 Å². The van der Waals surface area contributed by atoms with E-state index >= 15 is 0 Å². The second-order valence-corrected chi connectivity index (χ2v) is 5.81. The maximum atomic E-state index is 6.13. The maximum absolute atomic E-state index is 6.13. The summed E-state index contributed by atoms with van der Waals surface area (Å²) in [5.41, 5.74) is 1.82. The lowest BCUT2D eigenvalue weighted by molar-refractivity contribution is 0.297. The first kappa shape index (κ1) is 12.9. The van der Waals surface area contributed by atoms with Gasteiger partial charge in [0.05, 0.1) is 18.9 Å². The van der Waals surface area contributed by atoms with Crippen LogP contribution < -0.4 is 9.47 Å². The van der Waals surface area contributed by atoms with E-state index in [1.807, 2.05) is 18.2 Å². The van der Waals surface area contributed by atoms with Gasteiger partial charge in [-0.05, 0) is 31.0 Å². The fourth-order valence-electron chi connectivity index (χ4n) is 2.43. The van der Waals surface area contributed by atoms with Gasteiger partial charge < -0.3 is 9.47 Å². The van der Waals surface area contributed by atoms with E-state index in [1.165, 1.54) is 0 Å². The average molecular weight is 303 g/mol. The Kier molecular flexibility index (Phi) is 3.19. The van der Waals surface area contributed by atoms with Crippen molar-refractivity contribution >= 4 is 11.6 Å². The molecule has 2 aliphatic rings. The van der Waals surface area contributed by atoms with Crippen LogP contribution in [0.4, 0.5) is 0 Å². The fraction of sp³-hybridized carbons (Fsp3) is 0.375. The minimum Gasteiger partial charge on any atom is -0.490 e. The monoisotopic (exact) mass is 302 g/mol. The van der Waals surface area contributed by atoms with Gasteiger partial charge in [-0.1, -0.05) is 11.6 Å². The van der Waals surface area contributed by atoms with Crippen LogP contribution in [0.3, 0.4) is 0 Å². The van der Waals surface area contributed by atoms with E-state index in [-0.39, 0.29) is 0 Å². The zero-order valence-corrected chi connectivity index (χ0v) is 12.3. The van der Waals surface area contributed by atoms with Crippen LogP contribution in [-0.2, 0) is 0 Å². The van der Waals surface area contributed by atoms with Crippen molar-refractivity contribution in [1.82, 2.24) is 9.97 Å². The Morgan fingerprint density at radius 1 is 1.00 bits per heavy atom. The van der Waals surface area contributed by atoms with Crippen LogP contribution in [0.5, 0.6) is 11.5 Å². The van der Waals surface area contributed by atoms with E-state index in [4.69, 9.17) is 21.1 Å². The van der Waals surface area contributed by atoms with Crippen LogP contribution in [0, 0.1) is 0 Å². The van der Waals surface area contributed by atoms with E-state index in [0.717, 1.165) is 47.8 Å². The van der Waals surface area contributed by atoms with E-state index < -0.39 is 0 Å². The highest BCUT2D eigenvalue weighted by Gasteiger charge is 2.27. The first-order valence-electron chi connectivity index (χ1n) is 7.24. The summed E-state index contributed by atoms with van der Waals surface area (Å²) in [6.07, 6.45) is 3.21. The molecule has 1 aromatic carbocycles. The summed E-state index contributed by atoms with van der Waals surface area (Å²) in [5.74, 6) is 2.89. The Hall–Kier alpha value is -1.81. The predicted octanol–water partition coefficient (Wildman–Crippen LogP) is 3.84. The molecule has 5 heteroatoms. The molecule has 21 heavy (non-hydrogen) atoms. The Balaban J connectivity index is 1.74. The number of halogens is 1. The number of benzene rings is 1. The number of aromatic nitrogens is 2. The Bertz CT molecular complexity index is 686.